The van der Waals surface area contributed by atoms with E-state index in [1.165, 1.54) is 44.9 Å². The Morgan fingerprint density at radius 2 is 1.94 bits per heavy atom. The van der Waals surface area contributed by atoms with Crippen LogP contribution in [0.2, 0.25) is 0 Å². The van der Waals surface area contributed by atoms with Gasteiger partial charge in [0.05, 0.1) is 0 Å². The number of aromatic amines is 1. The second-order valence-electron chi connectivity index (χ2n) is 5.35. The van der Waals surface area contributed by atoms with Crippen LogP contribution in [0.5, 0.6) is 0 Å². The lowest BCUT2D eigenvalue weighted by atomic mass is 9.79. The van der Waals surface area contributed by atoms with E-state index in [0.717, 1.165) is 24.0 Å². The molecule has 0 atom stereocenters. The predicted octanol–water partition coefficient (Wildman–Crippen LogP) is 3.83. The molecule has 1 fully saturated rings. The molecule has 3 nitrogen and oxygen atoms in total. The molecule has 0 bridgehead atoms. The van der Waals surface area contributed by atoms with E-state index in [-0.39, 0.29) is 0 Å². The average molecular weight is 235 g/mol. The summed E-state index contributed by atoms with van der Waals surface area (Å²) in [7, 11) is 0. The molecule has 17 heavy (non-hydrogen) atoms. The third-order valence-electron chi connectivity index (χ3n) is 4.06. The zero-order valence-electron chi connectivity index (χ0n) is 11.2. The standard InChI is InChI=1S/C14H25N3/c1-3-5-6-11-7-9-12(10-8-11)14-15-13(4-2)16-17-14/h11-12H,3-10H2,1-2H3,(H,15,16,17). The van der Waals surface area contributed by atoms with Crippen LogP contribution in [0.15, 0.2) is 0 Å². The van der Waals surface area contributed by atoms with Gasteiger partial charge in [0.25, 0.3) is 0 Å². The van der Waals surface area contributed by atoms with E-state index in [9.17, 15) is 0 Å². The molecule has 0 amide bonds. The molecular weight excluding hydrogens is 210 g/mol. The van der Waals surface area contributed by atoms with E-state index < -0.39 is 0 Å². The largest absolute Gasteiger partial charge is 0.263 e. The second kappa shape index (κ2) is 6.18. The number of aryl methyl sites for hydroxylation is 1. The summed E-state index contributed by atoms with van der Waals surface area (Å²) in [6.45, 7) is 4.40. The van der Waals surface area contributed by atoms with Crippen LogP contribution in [0.4, 0.5) is 0 Å². The Labute approximate surface area is 104 Å². The smallest absolute Gasteiger partial charge is 0.153 e. The normalized spacial score (nSPS) is 25.1. The summed E-state index contributed by atoms with van der Waals surface area (Å²) in [5.74, 6) is 3.68. The van der Waals surface area contributed by atoms with Crippen molar-refractivity contribution in [1.29, 1.82) is 0 Å². The van der Waals surface area contributed by atoms with Crippen molar-refractivity contribution in [1.82, 2.24) is 15.2 Å². The number of hydrogen-bond donors (Lipinski definition) is 1. The molecule has 1 aromatic heterocycles. The highest BCUT2D eigenvalue weighted by molar-refractivity contribution is 4.99. The van der Waals surface area contributed by atoms with Gasteiger partial charge in [0.2, 0.25) is 0 Å². The van der Waals surface area contributed by atoms with Crippen molar-refractivity contribution < 1.29 is 0 Å². The maximum Gasteiger partial charge on any atom is 0.153 e. The number of H-pyrrole nitrogens is 1. The molecular formula is C14H25N3. The zero-order valence-corrected chi connectivity index (χ0v) is 11.2. The highest BCUT2D eigenvalue weighted by atomic mass is 15.2. The number of aromatic nitrogens is 3. The monoisotopic (exact) mass is 235 g/mol. The SMILES string of the molecule is CCCCC1CCC(c2n[nH]c(CC)n2)CC1. The summed E-state index contributed by atoms with van der Waals surface area (Å²) in [6, 6.07) is 0. The lowest BCUT2D eigenvalue weighted by molar-refractivity contribution is 0.299. The van der Waals surface area contributed by atoms with Crippen molar-refractivity contribution in [2.45, 2.75) is 71.1 Å². The summed E-state index contributed by atoms with van der Waals surface area (Å²) in [6.07, 6.45) is 10.4. The summed E-state index contributed by atoms with van der Waals surface area (Å²) in [4.78, 5) is 4.57. The number of unbranched alkanes of at least 4 members (excludes halogenated alkanes) is 1. The molecule has 1 aromatic rings. The van der Waals surface area contributed by atoms with Crippen LogP contribution in [-0.4, -0.2) is 15.2 Å². The molecule has 0 radical (unpaired) electrons. The minimum atomic E-state index is 0.615. The van der Waals surface area contributed by atoms with Crippen LogP contribution in [0, 0.1) is 5.92 Å². The Hall–Kier alpha value is -0.860. The van der Waals surface area contributed by atoms with Crippen molar-refractivity contribution in [3.63, 3.8) is 0 Å². The molecule has 0 spiro atoms. The van der Waals surface area contributed by atoms with Gasteiger partial charge in [-0.05, 0) is 31.6 Å². The van der Waals surface area contributed by atoms with E-state index in [0.29, 0.717) is 5.92 Å². The fraction of sp³-hybridized carbons (Fsp3) is 0.857. The lowest BCUT2D eigenvalue weighted by Gasteiger charge is -2.26. The van der Waals surface area contributed by atoms with Crippen LogP contribution in [0.3, 0.4) is 0 Å². The maximum atomic E-state index is 4.57. The number of rotatable bonds is 5. The number of hydrogen-bond acceptors (Lipinski definition) is 2. The van der Waals surface area contributed by atoms with Gasteiger partial charge >= 0.3 is 0 Å². The van der Waals surface area contributed by atoms with Gasteiger partial charge in [-0.2, -0.15) is 5.10 Å². The summed E-state index contributed by atoms with van der Waals surface area (Å²) < 4.78 is 0. The van der Waals surface area contributed by atoms with Gasteiger partial charge in [-0.1, -0.05) is 33.1 Å². The van der Waals surface area contributed by atoms with Gasteiger partial charge in [-0.25, -0.2) is 4.98 Å². The first-order valence-corrected chi connectivity index (χ1v) is 7.24. The molecule has 1 aliphatic carbocycles. The third-order valence-corrected chi connectivity index (χ3v) is 4.06. The lowest BCUT2D eigenvalue weighted by Crippen LogP contribution is -2.14. The summed E-state index contributed by atoms with van der Waals surface area (Å²) >= 11 is 0. The van der Waals surface area contributed by atoms with Crippen molar-refractivity contribution in [2.75, 3.05) is 0 Å². The first-order chi connectivity index (χ1) is 8.33. The third kappa shape index (κ3) is 3.30. The quantitative estimate of drug-likeness (QED) is 0.842. The Morgan fingerprint density at radius 3 is 2.53 bits per heavy atom. The van der Waals surface area contributed by atoms with Crippen LogP contribution < -0.4 is 0 Å². The van der Waals surface area contributed by atoms with Gasteiger partial charge in [-0.3, -0.25) is 5.10 Å². The Morgan fingerprint density at radius 1 is 1.18 bits per heavy atom. The van der Waals surface area contributed by atoms with Crippen molar-refractivity contribution in [2.24, 2.45) is 5.92 Å². The Bertz CT molecular complexity index is 324. The van der Waals surface area contributed by atoms with Gasteiger partial charge < -0.3 is 0 Å². The average Bonchev–Trinajstić information content (AvgIpc) is 2.86. The molecule has 0 unspecified atom stereocenters. The molecule has 0 aliphatic heterocycles. The molecule has 1 saturated carbocycles. The molecule has 1 aliphatic rings. The van der Waals surface area contributed by atoms with E-state index >= 15 is 0 Å². The van der Waals surface area contributed by atoms with Gasteiger partial charge in [0, 0.05) is 12.3 Å². The van der Waals surface area contributed by atoms with Gasteiger partial charge in [-0.15, -0.1) is 0 Å². The van der Waals surface area contributed by atoms with E-state index in [1.807, 2.05) is 0 Å². The molecule has 0 saturated heterocycles. The molecule has 0 aromatic carbocycles. The first kappa shape index (κ1) is 12.6. The molecule has 2 rings (SSSR count). The van der Waals surface area contributed by atoms with Gasteiger partial charge in [0.15, 0.2) is 5.82 Å². The number of nitrogens with zero attached hydrogens (tertiary/aromatic N) is 2. The van der Waals surface area contributed by atoms with Crippen LogP contribution in [0.1, 0.15) is 76.4 Å². The maximum absolute atomic E-state index is 4.57. The minimum Gasteiger partial charge on any atom is -0.263 e. The molecule has 96 valence electrons. The van der Waals surface area contributed by atoms with E-state index in [2.05, 4.69) is 29.0 Å². The summed E-state index contributed by atoms with van der Waals surface area (Å²) in [5, 5.41) is 7.40. The fourth-order valence-electron chi connectivity index (χ4n) is 2.85. The van der Waals surface area contributed by atoms with Gasteiger partial charge in [0.1, 0.15) is 5.82 Å². The molecule has 1 heterocycles. The minimum absolute atomic E-state index is 0.615. The fourth-order valence-corrected chi connectivity index (χ4v) is 2.85. The molecule has 3 heteroatoms. The predicted molar refractivity (Wildman–Crippen MR) is 70.0 cm³/mol. The first-order valence-electron chi connectivity index (χ1n) is 7.24. The topological polar surface area (TPSA) is 41.6 Å². The number of nitrogens with one attached hydrogen (secondary N) is 1. The zero-order chi connectivity index (χ0) is 12.1. The van der Waals surface area contributed by atoms with E-state index in [1.54, 1.807) is 0 Å². The van der Waals surface area contributed by atoms with Crippen LogP contribution in [-0.2, 0) is 6.42 Å². The summed E-state index contributed by atoms with van der Waals surface area (Å²) in [5.41, 5.74) is 0. The van der Waals surface area contributed by atoms with Crippen LogP contribution >= 0.6 is 0 Å². The van der Waals surface area contributed by atoms with E-state index in [4.69, 9.17) is 0 Å². The highest BCUT2D eigenvalue weighted by Gasteiger charge is 2.24. The Balaban J connectivity index is 1.82. The molecule has 1 N–H and O–H groups in total. The van der Waals surface area contributed by atoms with Crippen molar-refractivity contribution >= 4 is 0 Å². The van der Waals surface area contributed by atoms with Crippen molar-refractivity contribution in [3.05, 3.63) is 11.6 Å². The van der Waals surface area contributed by atoms with Crippen LogP contribution in [0.25, 0.3) is 0 Å². The second-order valence-corrected chi connectivity index (χ2v) is 5.35. The highest BCUT2D eigenvalue weighted by Crippen LogP contribution is 2.36. The van der Waals surface area contributed by atoms with Crippen molar-refractivity contribution in [3.8, 4) is 0 Å². The Kier molecular flexibility index (Phi) is 4.57.